The van der Waals surface area contributed by atoms with Gasteiger partial charge in [0.1, 0.15) is 17.3 Å². The number of carbonyl (C=O) groups excluding carboxylic acids is 1. The van der Waals surface area contributed by atoms with Gasteiger partial charge in [0.15, 0.2) is 0 Å². The molecule has 0 aliphatic carbocycles. The Hall–Kier alpha value is -2.73. The molecule has 0 aliphatic heterocycles. The summed E-state index contributed by atoms with van der Waals surface area (Å²) in [6.07, 6.45) is 3.10. The molecule has 3 rings (SSSR count). The molecule has 0 fully saturated rings. The number of imidazole rings is 1. The minimum atomic E-state index is -0.300. The molecule has 0 spiro atoms. The third kappa shape index (κ3) is 3.73. The van der Waals surface area contributed by atoms with E-state index in [1.165, 1.54) is 11.2 Å². The Morgan fingerprint density at radius 3 is 2.70 bits per heavy atom. The van der Waals surface area contributed by atoms with Gasteiger partial charge in [-0.05, 0) is 43.3 Å². The molecule has 0 aliphatic rings. The number of hydrogen-bond acceptors (Lipinski definition) is 3. The number of halogens is 1. The fourth-order valence-electron chi connectivity index (χ4n) is 2.11. The third-order valence-electron chi connectivity index (χ3n) is 3.23. The van der Waals surface area contributed by atoms with Crippen LogP contribution in [-0.4, -0.2) is 16.0 Å². The molecule has 0 atom stereocenters. The quantitative estimate of drug-likeness (QED) is 0.752. The van der Waals surface area contributed by atoms with E-state index in [-0.39, 0.29) is 12.6 Å². The third-order valence-corrected chi connectivity index (χ3v) is 3.48. The zero-order valence-corrected chi connectivity index (χ0v) is 13.2. The number of H-pyrrole nitrogens is 1. The molecule has 1 aromatic carbocycles. The fraction of sp³-hybridized carbons (Fsp3) is 0.125. The lowest BCUT2D eigenvalue weighted by Gasteiger charge is -2.20. The van der Waals surface area contributed by atoms with Crippen LogP contribution in [0.15, 0.2) is 53.3 Å². The Labute approximate surface area is 138 Å². The highest BCUT2D eigenvalue weighted by Gasteiger charge is 2.19. The molecule has 2 heterocycles. The Balaban J connectivity index is 1.79. The average molecular weight is 331 g/mol. The SMILES string of the molecule is Cc1ccc(CN(C(=O)Nc2ccc(Cl)cc2)c2cnc[nH]2)o1. The van der Waals surface area contributed by atoms with Crippen LogP contribution in [0.25, 0.3) is 0 Å². The predicted molar refractivity (Wildman–Crippen MR) is 88.7 cm³/mol. The first-order valence-corrected chi connectivity index (χ1v) is 7.37. The van der Waals surface area contributed by atoms with Crippen molar-refractivity contribution in [2.45, 2.75) is 13.5 Å². The normalized spacial score (nSPS) is 10.5. The maximum atomic E-state index is 12.6. The molecular weight excluding hydrogens is 316 g/mol. The lowest BCUT2D eigenvalue weighted by atomic mass is 10.3. The highest BCUT2D eigenvalue weighted by molar-refractivity contribution is 6.30. The van der Waals surface area contributed by atoms with Gasteiger partial charge in [-0.2, -0.15) is 0 Å². The molecule has 2 aromatic heterocycles. The minimum Gasteiger partial charge on any atom is -0.464 e. The van der Waals surface area contributed by atoms with Crippen LogP contribution in [0.5, 0.6) is 0 Å². The van der Waals surface area contributed by atoms with E-state index in [0.29, 0.717) is 22.3 Å². The van der Waals surface area contributed by atoms with E-state index in [1.807, 2.05) is 19.1 Å². The molecule has 118 valence electrons. The first-order valence-electron chi connectivity index (χ1n) is 6.99. The summed E-state index contributed by atoms with van der Waals surface area (Å²) in [5, 5.41) is 3.43. The molecular formula is C16H15ClN4O2. The van der Waals surface area contributed by atoms with Crippen molar-refractivity contribution >= 4 is 29.1 Å². The Kier molecular flexibility index (Phi) is 4.34. The summed E-state index contributed by atoms with van der Waals surface area (Å²) < 4.78 is 5.55. The number of nitrogens with one attached hydrogen (secondary N) is 2. The zero-order chi connectivity index (χ0) is 16.2. The van der Waals surface area contributed by atoms with Gasteiger partial charge in [-0.25, -0.2) is 9.78 Å². The van der Waals surface area contributed by atoms with Crippen LogP contribution in [0.3, 0.4) is 0 Å². The maximum absolute atomic E-state index is 12.6. The number of amides is 2. The highest BCUT2D eigenvalue weighted by atomic mass is 35.5. The number of anilines is 2. The van der Waals surface area contributed by atoms with Crippen LogP contribution >= 0.6 is 11.6 Å². The van der Waals surface area contributed by atoms with Crippen LogP contribution in [-0.2, 0) is 6.54 Å². The summed E-state index contributed by atoms with van der Waals surface area (Å²) in [7, 11) is 0. The zero-order valence-electron chi connectivity index (χ0n) is 12.4. The molecule has 23 heavy (non-hydrogen) atoms. The minimum absolute atomic E-state index is 0.287. The number of hydrogen-bond donors (Lipinski definition) is 2. The molecule has 0 saturated heterocycles. The Morgan fingerprint density at radius 1 is 1.30 bits per heavy atom. The number of urea groups is 1. The number of nitrogens with zero attached hydrogens (tertiary/aromatic N) is 2. The summed E-state index contributed by atoms with van der Waals surface area (Å²) in [6.45, 7) is 2.15. The number of aryl methyl sites for hydroxylation is 1. The van der Waals surface area contributed by atoms with Crippen molar-refractivity contribution in [1.29, 1.82) is 0 Å². The van der Waals surface area contributed by atoms with Gasteiger partial charge in [-0.1, -0.05) is 11.6 Å². The summed E-state index contributed by atoms with van der Waals surface area (Å²) >= 11 is 5.85. The molecule has 0 radical (unpaired) electrons. The van der Waals surface area contributed by atoms with E-state index in [9.17, 15) is 4.79 Å². The lowest BCUT2D eigenvalue weighted by molar-refractivity contribution is 0.256. The number of aromatic amines is 1. The fourth-order valence-corrected chi connectivity index (χ4v) is 2.24. The second-order valence-electron chi connectivity index (χ2n) is 4.97. The van der Waals surface area contributed by atoms with Crippen molar-refractivity contribution < 1.29 is 9.21 Å². The molecule has 7 heteroatoms. The van der Waals surface area contributed by atoms with E-state index < -0.39 is 0 Å². The Morgan fingerprint density at radius 2 is 2.09 bits per heavy atom. The summed E-state index contributed by atoms with van der Waals surface area (Å²) in [5.41, 5.74) is 0.652. The van der Waals surface area contributed by atoms with Crippen molar-refractivity contribution in [2.24, 2.45) is 0 Å². The number of benzene rings is 1. The van der Waals surface area contributed by atoms with Gasteiger partial charge in [-0.15, -0.1) is 0 Å². The maximum Gasteiger partial charge on any atom is 0.327 e. The number of aromatic nitrogens is 2. The molecule has 2 N–H and O–H groups in total. The van der Waals surface area contributed by atoms with E-state index in [2.05, 4.69) is 15.3 Å². The number of carbonyl (C=O) groups is 1. The van der Waals surface area contributed by atoms with Crippen LogP contribution in [0, 0.1) is 6.92 Å². The second kappa shape index (κ2) is 6.58. The highest BCUT2D eigenvalue weighted by Crippen LogP contribution is 2.19. The monoisotopic (exact) mass is 330 g/mol. The van der Waals surface area contributed by atoms with E-state index in [0.717, 1.165) is 5.76 Å². The first kappa shape index (κ1) is 15.2. The van der Waals surface area contributed by atoms with E-state index in [1.54, 1.807) is 30.5 Å². The van der Waals surface area contributed by atoms with Crippen molar-refractivity contribution in [2.75, 3.05) is 10.2 Å². The lowest BCUT2D eigenvalue weighted by Crippen LogP contribution is -2.34. The number of furan rings is 1. The van der Waals surface area contributed by atoms with E-state index >= 15 is 0 Å². The van der Waals surface area contributed by atoms with Crippen LogP contribution < -0.4 is 10.2 Å². The summed E-state index contributed by atoms with van der Waals surface area (Å²) in [5.74, 6) is 2.05. The standard InChI is InChI=1S/C16H15ClN4O2/c1-11-2-7-14(23-11)9-21(15-8-18-10-19-15)16(22)20-13-5-3-12(17)4-6-13/h2-8,10H,9H2,1H3,(H,18,19)(H,20,22). The van der Waals surface area contributed by atoms with Crippen molar-refractivity contribution in [1.82, 2.24) is 9.97 Å². The Bertz CT molecular complexity index is 781. The smallest absolute Gasteiger partial charge is 0.327 e. The van der Waals surface area contributed by atoms with Crippen molar-refractivity contribution in [3.05, 3.63) is 65.5 Å². The van der Waals surface area contributed by atoms with Crippen molar-refractivity contribution in [3.8, 4) is 0 Å². The topological polar surface area (TPSA) is 74.2 Å². The van der Waals surface area contributed by atoms with Gasteiger partial charge in [-0.3, -0.25) is 4.90 Å². The summed E-state index contributed by atoms with van der Waals surface area (Å²) in [6, 6.07) is 10.3. The molecule has 6 nitrogen and oxygen atoms in total. The molecule has 2 amide bonds. The van der Waals surface area contributed by atoms with Crippen LogP contribution in [0.4, 0.5) is 16.3 Å². The van der Waals surface area contributed by atoms with Crippen LogP contribution in [0.2, 0.25) is 5.02 Å². The van der Waals surface area contributed by atoms with Crippen LogP contribution in [0.1, 0.15) is 11.5 Å². The van der Waals surface area contributed by atoms with Gasteiger partial charge in [0.2, 0.25) is 0 Å². The first-order chi connectivity index (χ1) is 11.1. The van der Waals surface area contributed by atoms with Gasteiger partial charge < -0.3 is 14.7 Å². The predicted octanol–water partition coefficient (Wildman–Crippen LogP) is 4.20. The molecule has 0 saturated carbocycles. The molecule has 3 aromatic rings. The van der Waals surface area contributed by atoms with Gasteiger partial charge >= 0.3 is 6.03 Å². The molecule has 0 bridgehead atoms. The largest absolute Gasteiger partial charge is 0.464 e. The van der Waals surface area contributed by atoms with Crippen molar-refractivity contribution in [3.63, 3.8) is 0 Å². The molecule has 0 unspecified atom stereocenters. The summed E-state index contributed by atoms with van der Waals surface area (Å²) in [4.78, 5) is 21.0. The average Bonchev–Trinajstić information content (AvgIpc) is 3.18. The second-order valence-corrected chi connectivity index (χ2v) is 5.41. The van der Waals surface area contributed by atoms with Gasteiger partial charge in [0.05, 0.1) is 19.1 Å². The van der Waals surface area contributed by atoms with Gasteiger partial charge in [0, 0.05) is 10.7 Å². The number of rotatable bonds is 4. The van der Waals surface area contributed by atoms with E-state index in [4.69, 9.17) is 16.0 Å². The van der Waals surface area contributed by atoms with Gasteiger partial charge in [0.25, 0.3) is 0 Å².